The average Bonchev–Trinajstić information content (AvgIpc) is 2.49. The lowest BCUT2D eigenvalue weighted by atomic mass is 9.80. The third kappa shape index (κ3) is 3.92. The first kappa shape index (κ1) is 15.2. The quantitative estimate of drug-likeness (QED) is 0.740. The molecule has 0 N–H and O–H groups in total. The predicted molar refractivity (Wildman–Crippen MR) is 81.8 cm³/mol. The second kappa shape index (κ2) is 7.58. The number of carbonyl (C=O) groups excluding carboxylic acids is 1. The lowest BCUT2D eigenvalue weighted by Gasteiger charge is -2.35. The first-order chi connectivity index (χ1) is 9.77. The molecule has 0 aromatic heterocycles. The maximum absolute atomic E-state index is 12.6. The number of benzene rings is 1. The van der Waals surface area contributed by atoms with Gasteiger partial charge < -0.3 is 4.74 Å². The third-order valence-electron chi connectivity index (χ3n) is 4.30. The summed E-state index contributed by atoms with van der Waals surface area (Å²) in [6.07, 6.45) is 7.90. The van der Waals surface area contributed by atoms with Crippen molar-refractivity contribution in [2.45, 2.75) is 63.9 Å². The Hall–Kier alpha value is -1.15. The predicted octanol–water partition coefficient (Wildman–Crippen LogP) is 4.32. The first-order valence-electron chi connectivity index (χ1n) is 7.98. The van der Waals surface area contributed by atoms with E-state index in [2.05, 4.69) is 24.3 Å². The van der Waals surface area contributed by atoms with Crippen LogP contribution in [0.4, 0.5) is 0 Å². The minimum absolute atomic E-state index is 0.329. The van der Waals surface area contributed by atoms with Gasteiger partial charge in [0.1, 0.15) is 5.60 Å². The molecule has 1 aromatic rings. The number of Topliss-reactive ketones (excluding diaryl/α,β-unsaturated/α-hetero) is 1. The molecule has 0 saturated heterocycles. The summed E-state index contributed by atoms with van der Waals surface area (Å²) in [6, 6.07) is 10.4. The van der Waals surface area contributed by atoms with E-state index in [1.54, 1.807) is 0 Å². The Kier molecular flexibility index (Phi) is 5.78. The van der Waals surface area contributed by atoms with Crippen molar-refractivity contribution < 1.29 is 9.53 Å². The number of hydrogen-bond donors (Lipinski definition) is 0. The van der Waals surface area contributed by atoms with E-state index in [1.165, 1.54) is 12.0 Å². The van der Waals surface area contributed by atoms with Gasteiger partial charge in [-0.2, -0.15) is 0 Å². The zero-order valence-electron chi connectivity index (χ0n) is 12.6. The molecule has 0 bridgehead atoms. The van der Waals surface area contributed by atoms with E-state index in [4.69, 9.17) is 4.74 Å². The van der Waals surface area contributed by atoms with E-state index in [1.807, 2.05) is 13.0 Å². The zero-order chi connectivity index (χ0) is 14.3. The Labute approximate surface area is 122 Å². The fourth-order valence-electron chi connectivity index (χ4n) is 3.23. The molecule has 2 nitrogen and oxygen atoms in total. The number of hydrogen-bond acceptors (Lipinski definition) is 2. The van der Waals surface area contributed by atoms with Crippen LogP contribution in [0, 0.1) is 0 Å². The highest BCUT2D eigenvalue weighted by Gasteiger charge is 2.39. The van der Waals surface area contributed by atoms with Gasteiger partial charge in [0.2, 0.25) is 0 Å². The Morgan fingerprint density at radius 1 is 1.15 bits per heavy atom. The molecule has 1 saturated carbocycles. The van der Waals surface area contributed by atoms with E-state index >= 15 is 0 Å². The maximum atomic E-state index is 12.6. The molecule has 110 valence electrons. The van der Waals surface area contributed by atoms with Crippen molar-refractivity contribution >= 4 is 5.78 Å². The molecule has 2 heteroatoms. The minimum atomic E-state index is -0.455. The fourth-order valence-corrected chi connectivity index (χ4v) is 3.23. The lowest BCUT2D eigenvalue weighted by molar-refractivity contribution is -0.149. The monoisotopic (exact) mass is 274 g/mol. The summed E-state index contributed by atoms with van der Waals surface area (Å²) >= 11 is 0. The number of rotatable bonds is 7. The van der Waals surface area contributed by atoms with E-state index in [9.17, 15) is 4.79 Å². The summed E-state index contributed by atoms with van der Waals surface area (Å²) in [6.45, 7) is 2.64. The van der Waals surface area contributed by atoms with Crippen molar-refractivity contribution in [3.05, 3.63) is 35.9 Å². The molecule has 0 heterocycles. The van der Waals surface area contributed by atoms with Crippen LogP contribution in [0.2, 0.25) is 0 Å². The minimum Gasteiger partial charge on any atom is -0.368 e. The Morgan fingerprint density at radius 3 is 2.50 bits per heavy atom. The van der Waals surface area contributed by atoms with Crippen LogP contribution >= 0.6 is 0 Å². The number of ketones is 1. The number of carbonyl (C=O) groups is 1. The molecule has 20 heavy (non-hydrogen) atoms. The van der Waals surface area contributed by atoms with Gasteiger partial charge in [-0.1, -0.05) is 49.6 Å². The van der Waals surface area contributed by atoms with Gasteiger partial charge in [0.15, 0.2) is 5.78 Å². The Bertz CT molecular complexity index is 399. The molecule has 0 amide bonds. The first-order valence-corrected chi connectivity index (χ1v) is 7.98. The average molecular weight is 274 g/mol. The molecular weight excluding hydrogens is 248 g/mol. The third-order valence-corrected chi connectivity index (χ3v) is 4.30. The molecule has 0 unspecified atom stereocenters. The largest absolute Gasteiger partial charge is 0.368 e. The number of aryl methyl sites for hydroxylation is 1. The van der Waals surface area contributed by atoms with Gasteiger partial charge in [-0.25, -0.2) is 0 Å². The molecule has 0 spiro atoms. The van der Waals surface area contributed by atoms with Crippen LogP contribution in [0.25, 0.3) is 0 Å². The second-order valence-electron chi connectivity index (χ2n) is 5.75. The van der Waals surface area contributed by atoms with Gasteiger partial charge in [-0.15, -0.1) is 0 Å². The summed E-state index contributed by atoms with van der Waals surface area (Å²) < 4.78 is 5.89. The van der Waals surface area contributed by atoms with Crippen LogP contribution < -0.4 is 0 Å². The Morgan fingerprint density at radius 2 is 1.85 bits per heavy atom. The normalized spacial score (nSPS) is 17.9. The van der Waals surface area contributed by atoms with Gasteiger partial charge in [0.25, 0.3) is 0 Å². The lowest BCUT2D eigenvalue weighted by Crippen LogP contribution is -2.43. The Balaban J connectivity index is 1.85. The summed E-state index contributed by atoms with van der Waals surface area (Å²) in [5.74, 6) is 0.329. The zero-order valence-corrected chi connectivity index (χ0v) is 12.6. The molecular formula is C18H26O2. The highest BCUT2D eigenvalue weighted by atomic mass is 16.5. The highest BCUT2D eigenvalue weighted by molar-refractivity contribution is 5.87. The molecule has 1 aliphatic carbocycles. The molecule has 2 rings (SSSR count). The smallest absolute Gasteiger partial charge is 0.164 e. The molecule has 0 radical (unpaired) electrons. The molecule has 1 fully saturated rings. The molecule has 0 atom stereocenters. The van der Waals surface area contributed by atoms with Crippen molar-refractivity contribution in [1.29, 1.82) is 0 Å². The summed E-state index contributed by atoms with van der Waals surface area (Å²) in [7, 11) is 0. The summed E-state index contributed by atoms with van der Waals surface area (Å²) in [5, 5.41) is 0. The summed E-state index contributed by atoms with van der Waals surface area (Å²) in [5.41, 5.74) is 0.860. The van der Waals surface area contributed by atoms with Gasteiger partial charge in [0.05, 0.1) is 0 Å². The highest BCUT2D eigenvalue weighted by Crippen LogP contribution is 2.33. The van der Waals surface area contributed by atoms with Gasteiger partial charge in [0, 0.05) is 13.0 Å². The van der Waals surface area contributed by atoms with E-state index in [0.29, 0.717) is 18.8 Å². The van der Waals surface area contributed by atoms with Crippen molar-refractivity contribution in [3.63, 3.8) is 0 Å². The standard InChI is InChI=1S/C18H26O2/c1-2-20-18(14-7-4-8-15-18)17(19)13-9-12-16-10-5-3-6-11-16/h3,5-6,10-11H,2,4,7-9,12-15H2,1H3. The molecule has 1 aliphatic rings. The van der Waals surface area contributed by atoms with Crippen LogP contribution in [-0.2, 0) is 16.0 Å². The number of ether oxygens (including phenoxy) is 1. The van der Waals surface area contributed by atoms with Crippen molar-refractivity contribution in [3.8, 4) is 0 Å². The van der Waals surface area contributed by atoms with Crippen molar-refractivity contribution in [2.75, 3.05) is 6.61 Å². The van der Waals surface area contributed by atoms with E-state index in [0.717, 1.165) is 38.5 Å². The van der Waals surface area contributed by atoms with Gasteiger partial charge in [-0.3, -0.25) is 4.79 Å². The van der Waals surface area contributed by atoms with Gasteiger partial charge >= 0.3 is 0 Å². The van der Waals surface area contributed by atoms with E-state index < -0.39 is 5.60 Å². The van der Waals surface area contributed by atoms with Gasteiger partial charge in [-0.05, 0) is 38.2 Å². The molecule has 1 aromatic carbocycles. The van der Waals surface area contributed by atoms with Crippen LogP contribution in [0.1, 0.15) is 57.4 Å². The van der Waals surface area contributed by atoms with Crippen LogP contribution in [0.15, 0.2) is 30.3 Å². The second-order valence-corrected chi connectivity index (χ2v) is 5.75. The fraction of sp³-hybridized carbons (Fsp3) is 0.611. The van der Waals surface area contributed by atoms with Crippen LogP contribution in [0.3, 0.4) is 0 Å². The topological polar surface area (TPSA) is 26.3 Å². The van der Waals surface area contributed by atoms with Crippen molar-refractivity contribution in [1.82, 2.24) is 0 Å². The summed E-state index contributed by atoms with van der Waals surface area (Å²) in [4.78, 5) is 12.6. The SMILES string of the molecule is CCOC1(C(=O)CCCc2ccccc2)CCCCC1. The van der Waals surface area contributed by atoms with Crippen LogP contribution in [-0.4, -0.2) is 18.0 Å². The maximum Gasteiger partial charge on any atom is 0.164 e. The van der Waals surface area contributed by atoms with Crippen molar-refractivity contribution in [2.24, 2.45) is 0 Å². The van der Waals surface area contributed by atoms with Crippen LogP contribution in [0.5, 0.6) is 0 Å². The molecule has 0 aliphatic heterocycles. The van der Waals surface area contributed by atoms with E-state index in [-0.39, 0.29) is 0 Å².